The molecule has 0 amide bonds. The Morgan fingerprint density at radius 2 is 1.71 bits per heavy atom. The molecule has 1 unspecified atom stereocenters. The third kappa shape index (κ3) is 5.27. The maximum atomic E-state index is 10.9. The van der Waals surface area contributed by atoms with Crippen molar-refractivity contribution < 1.29 is 34.4 Å². The van der Waals surface area contributed by atoms with E-state index in [0.717, 1.165) is 4.90 Å². The highest BCUT2D eigenvalue weighted by atomic mass is 16.5. The number of ether oxygens (including phenoxy) is 1. The quantitative estimate of drug-likeness (QED) is 0.482. The summed E-state index contributed by atoms with van der Waals surface area (Å²) < 4.78 is 4.83. The Morgan fingerprint density at radius 3 is 2.00 bits per heavy atom. The van der Waals surface area contributed by atoms with Crippen molar-refractivity contribution in [1.29, 1.82) is 0 Å². The molecule has 0 aliphatic rings. The van der Waals surface area contributed by atoms with Gasteiger partial charge in [-0.2, -0.15) is 0 Å². The molecule has 0 saturated carbocycles. The summed E-state index contributed by atoms with van der Waals surface area (Å²) in [5, 5.41) is 26.1. The van der Waals surface area contributed by atoms with Gasteiger partial charge in [-0.3, -0.25) is 19.3 Å². The van der Waals surface area contributed by atoms with Crippen LogP contribution in [0.15, 0.2) is 0 Å². The molecule has 0 aromatic carbocycles. The zero-order valence-corrected chi connectivity index (χ0v) is 9.49. The predicted molar refractivity (Wildman–Crippen MR) is 54.5 cm³/mol. The summed E-state index contributed by atoms with van der Waals surface area (Å²) in [6.07, 6.45) is -1.51. The van der Waals surface area contributed by atoms with Crippen LogP contribution < -0.4 is 0 Å². The zero-order chi connectivity index (χ0) is 13.6. The molecule has 0 bridgehead atoms. The number of hydrogen-bond donors (Lipinski definition) is 3. The molecule has 0 aliphatic heterocycles. The number of carboxylic acids is 3. The van der Waals surface area contributed by atoms with Crippen molar-refractivity contribution in [2.75, 3.05) is 13.7 Å². The molecule has 0 saturated heterocycles. The third-order valence-electron chi connectivity index (χ3n) is 2.18. The van der Waals surface area contributed by atoms with Crippen LogP contribution in [0.3, 0.4) is 0 Å². The second-order valence-electron chi connectivity index (χ2n) is 3.35. The highest BCUT2D eigenvalue weighted by Gasteiger charge is 2.32. The number of nitrogens with zero attached hydrogens (tertiary/aromatic N) is 1. The summed E-state index contributed by atoms with van der Waals surface area (Å²) in [5.74, 6) is -3.99. The van der Waals surface area contributed by atoms with Gasteiger partial charge in [0, 0.05) is 7.11 Å². The lowest BCUT2D eigenvalue weighted by atomic mass is 10.1. The molecule has 0 aromatic heterocycles. The number of hydrogen-bond acceptors (Lipinski definition) is 5. The Morgan fingerprint density at radius 1 is 1.18 bits per heavy atom. The summed E-state index contributed by atoms with van der Waals surface area (Å²) in [7, 11) is 1.28. The first-order valence-corrected chi connectivity index (χ1v) is 4.74. The van der Waals surface area contributed by atoms with Crippen molar-refractivity contribution in [3.05, 3.63) is 0 Å². The van der Waals surface area contributed by atoms with E-state index >= 15 is 0 Å². The number of methoxy groups -OCH3 is 1. The summed E-state index contributed by atoms with van der Waals surface area (Å²) in [6, 6.07) is -1.45. The van der Waals surface area contributed by atoms with Gasteiger partial charge in [0.05, 0.1) is 13.0 Å². The van der Waals surface area contributed by atoms with E-state index in [4.69, 9.17) is 20.1 Å². The van der Waals surface area contributed by atoms with Crippen molar-refractivity contribution >= 4 is 17.9 Å². The summed E-state index contributed by atoms with van der Waals surface area (Å²) in [4.78, 5) is 33.0. The van der Waals surface area contributed by atoms with Crippen molar-refractivity contribution in [2.45, 2.75) is 25.6 Å². The van der Waals surface area contributed by atoms with Crippen molar-refractivity contribution in [3.63, 3.8) is 0 Å². The van der Waals surface area contributed by atoms with Gasteiger partial charge in [0.2, 0.25) is 0 Å². The highest BCUT2D eigenvalue weighted by Crippen LogP contribution is 2.10. The van der Waals surface area contributed by atoms with E-state index in [0.29, 0.717) is 0 Å². The topological polar surface area (TPSA) is 124 Å². The van der Waals surface area contributed by atoms with E-state index in [1.807, 2.05) is 0 Å². The molecule has 0 aliphatic carbocycles. The minimum absolute atomic E-state index is 0.612. The van der Waals surface area contributed by atoms with Gasteiger partial charge in [0.15, 0.2) is 0 Å². The number of carbonyl (C=O) groups is 3. The van der Waals surface area contributed by atoms with Crippen LogP contribution in [-0.4, -0.2) is 64.1 Å². The van der Waals surface area contributed by atoms with Gasteiger partial charge in [-0.05, 0) is 6.92 Å². The summed E-state index contributed by atoms with van der Waals surface area (Å²) in [5.41, 5.74) is 0. The summed E-state index contributed by atoms with van der Waals surface area (Å²) >= 11 is 0. The van der Waals surface area contributed by atoms with Gasteiger partial charge in [-0.25, -0.2) is 0 Å². The highest BCUT2D eigenvalue weighted by molar-refractivity contribution is 5.81. The normalized spacial score (nSPS) is 14.3. The van der Waals surface area contributed by atoms with Crippen LogP contribution in [0, 0.1) is 0 Å². The Bertz CT molecular complexity index is 304. The van der Waals surface area contributed by atoms with Crippen molar-refractivity contribution in [3.8, 4) is 0 Å². The van der Waals surface area contributed by atoms with Gasteiger partial charge in [0.25, 0.3) is 0 Å². The zero-order valence-electron chi connectivity index (χ0n) is 9.49. The van der Waals surface area contributed by atoms with Crippen LogP contribution in [0.4, 0.5) is 0 Å². The van der Waals surface area contributed by atoms with Crippen LogP contribution in [0.1, 0.15) is 13.3 Å². The maximum Gasteiger partial charge on any atom is 0.321 e. The lowest BCUT2D eigenvalue weighted by Gasteiger charge is -2.30. The molecule has 0 spiro atoms. The first-order valence-electron chi connectivity index (χ1n) is 4.74. The molecule has 0 heterocycles. The number of carboxylic acid groups (broad SMARTS) is 3. The molecule has 8 nitrogen and oxygen atoms in total. The van der Waals surface area contributed by atoms with Gasteiger partial charge in [0.1, 0.15) is 12.3 Å². The molecule has 17 heavy (non-hydrogen) atoms. The second-order valence-corrected chi connectivity index (χ2v) is 3.35. The molecule has 0 aromatic rings. The fourth-order valence-corrected chi connectivity index (χ4v) is 1.30. The Hall–Kier alpha value is -1.67. The first kappa shape index (κ1) is 15.3. The fourth-order valence-electron chi connectivity index (χ4n) is 1.30. The maximum absolute atomic E-state index is 10.9. The van der Waals surface area contributed by atoms with Crippen LogP contribution >= 0.6 is 0 Å². The SMILES string of the molecule is COC(C)N(CC(=O)O)[C@@H](CC(=O)O)C(=O)O. The average Bonchev–Trinajstić information content (AvgIpc) is 2.21. The van der Waals surface area contributed by atoms with Crippen LogP contribution in [0.2, 0.25) is 0 Å². The van der Waals surface area contributed by atoms with Crippen LogP contribution in [-0.2, 0) is 19.1 Å². The van der Waals surface area contributed by atoms with E-state index in [9.17, 15) is 14.4 Å². The molecule has 0 rings (SSSR count). The smallest absolute Gasteiger partial charge is 0.321 e. The molecule has 3 N–H and O–H groups in total. The van der Waals surface area contributed by atoms with E-state index < -0.39 is 43.1 Å². The molecule has 0 radical (unpaired) electrons. The first-order chi connectivity index (χ1) is 7.79. The Labute approximate surface area is 97.4 Å². The lowest BCUT2D eigenvalue weighted by molar-refractivity contribution is -0.159. The van der Waals surface area contributed by atoms with Crippen molar-refractivity contribution in [2.24, 2.45) is 0 Å². The van der Waals surface area contributed by atoms with Crippen LogP contribution in [0.25, 0.3) is 0 Å². The fraction of sp³-hybridized carbons (Fsp3) is 0.667. The van der Waals surface area contributed by atoms with Crippen LogP contribution in [0.5, 0.6) is 0 Å². The van der Waals surface area contributed by atoms with Gasteiger partial charge in [-0.1, -0.05) is 0 Å². The van der Waals surface area contributed by atoms with Gasteiger partial charge >= 0.3 is 17.9 Å². The van der Waals surface area contributed by atoms with Gasteiger partial charge in [-0.15, -0.1) is 0 Å². The molecular weight excluding hydrogens is 234 g/mol. The monoisotopic (exact) mass is 249 g/mol. The van der Waals surface area contributed by atoms with E-state index in [2.05, 4.69) is 0 Å². The number of rotatable bonds is 8. The molecule has 98 valence electrons. The Balaban J connectivity index is 4.98. The molecule has 2 atom stereocenters. The van der Waals surface area contributed by atoms with E-state index in [1.54, 1.807) is 0 Å². The Kier molecular flexibility index (Phi) is 6.15. The molecule has 0 fully saturated rings. The minimum atomic E-state index is -1.45. The minimum Gasteiger partial charge on any atom is -0.481 e. The van der Waals surface area contributed by atoms with E-state index in [1.165, 1.54) is 14.0 Å². The van der Waals surface area contributed by atoms with Crippen molar-refractivity contribution in [1.82, 2.24) is 4.90 Å². The third-order valence-corrected chi connectivity index (χ3v) is 2.18. The summed E-state index contributed by atoms with van der Waals surface area (Å²) in [6.45, 7) is 0.833. The molecule has 8 heteroatoms. The van der Waals surface area contributed by atoms with E-state index in [-0.39, 0.29) is 0 Å². The average molecular weight is 249 g/mol. The lowest BCUT2D eigenvalue weighted by Crippen LogP contribution is -2.50. The largest absolute Gasteiger partial charge is 0.481 e. The standard InChI is InChI=1S/C9H15NO7/c1-5(17-2)10(4-8(13)14)6(9(15)16)3-7(11)12/h5-6H,3-4H2,1-2H3,(H,11,12)(H,13,14)(H,15,16)/t5?,6-/m0/s1. The number of aliphatic carboxylic acids is 3. The molecular formula is C9H15NO7. The second kappa shape index (κ2) is 6.81. The van der Waals surface area contributed by atoms with Gasteiger partial charge < -0.3 is 20.1 Å². The predicted octanol–water partition coefficient (Wildman–Crippen LogP) is -0.707.